The lowest BCUT2D eigenvalue weighted by Gasteiger charge is -2.28. The molecular weight excluding hydrogens is 392 g/mol. The third-order valence-corrected chi connectivity index (χ3v) is 6.40. The quantitative estimate of drug-likeness (QED) is 0.298. The van der Waals surface area contributed by atoms with Gasteiger partial charge in [-0.05, 0) is 72.9 Å². The number of aromatic hydroxyl groups is 4. The van der Waals surface area contributed by atoms with E-state index in [-0.39, 0.29) is 46.7 Å². The summed E-state index contributed by atoms with van der Waals surface area (Å²) in [5.41, 5.74) is 1.48. The molecule has 172 valence electrons. The minimum absolute atomic E-state index is 0.0456. The van der Waals surface area contributed by atoms with Gasteiger partial charge in [0.1, 0.15) is 23.0 Å². The highest BCUT2D eigenvalue weighted by Crippen LogP contribution is 2.38. The summed E-state index contributed by atoms with van der Waals surface area (Å²) in [5, 5.41) is 40.2. The Balaban J connectivity index is 2.07. The van der Waals surface area contributed by atoms with Crippen LogP contribution in [0, 0.1) is 11.8 Å². The Labute approximate surface area is 186 Å². The summed E-state index contributed by atoms with van der Waals surface area (Å²) in [5.74, 6) is 1.21. The molecule has 0 fully saturated rings. The van der Waals surface area contributed by atoms with Crippen molar-refractivity contribution < 1.29 is 25.2 Å². The van der Waals surface area contributed by atoms with Gasteiger partial charge in [-0.1, -0.05) is 40.5 Å². The van der Waals surface area contributed by atoms with Crippen molar-refractivity contribution in [2.24, 2.45) is 11.8 Å². The highest BCUT2D eigenvalue weighted by Gasteiger charge is 2.25. The van der Waals surface area contributed by atoms with E-state index in [1.807, 2.05) is 0 Å². The average molecular weight is 431 g/mol. The van der Waals surface area contributed by atoms with Gasteiger partial charge in [-0.2, -0.15) is 0 Å². The zero-order valence-corrected chi connectivity index (χ0v) is 19.2. The van der Waals surface area contributed by atoms with Gasteiger partial charge in [0.15, 0.2) is 0 Å². The van der Waals surface area contributed by atoms with Gasteiger partial charge in [-0.3, -0.25) is 0 Å². The van der Waals surface area contributed by atoms with E-state index in [9.17, 15) is 20.4 Å². The molecule has 4 unspecified atom stereocenters. The van der Waals surface area contributed by atoms with Crippen molar-refractivity contribution >= 4 is 0 Å². The summed E-state index contributed by atoms with van der Waals surface area (Å²) in [7, 11) is 0. The fraction of sp³-hybridized carbons (Fsp3) is 0.538. The molecule has 2 aromatic rings. The highest BCUT2D eigenvalue weighted by molar-refractivity contribution is 5.41. The lowest BCUT2D eigenvalue weighted by Crippen LogP contribution is -2.22. The number of ether oxygens (including phenoxy) is 1. The van der Waals surface area contributed by atoms with E-state index in [2.05, 4.69) is 27.7 Å². The first kappa shape index (κ1) is 24.9. The summed E-state index contributed by atoms with van der Waals surface area (Å²) in [6.07, 6.45) is 3.92. The highest BCUT2D eigenvalue weighted by atomic mass is 16.5. The lowest BCUT2D eigenvalue weighted by atomic mass is 9.83. The summed E-state index contributed by atoms with van der Waals surface area (Å²) >= 11 is 0. The molecule has 0 amide bonds. The summed E-state index contributed by atoms with van der Waals surface area (Å²) in [6.45, 7) is 9.51. The molecule has 2 rings (SSSR count). The fourth-order valence-corrected chi connectivity index (χ4v) is 4.39. The molecule has 4 atom stereocenters. The summed E-state index contributed by atoms with van der Waals surface area (Å²) in [4.78, 5) is 0. The van der Waals surface area contributed by atoms with E-state index in [1.165, 1.54) is 24.3 Å². The number of hydrogen-bond donors (Lipinski definition) is 4. The van der Waals surface area contributed by atoms with E-state index in [1.54, 1.807) is 12.1 Å². The van der Waals surface area contributed by atoms with Crippen molar-refractivity contribution in [2.75, 3.05) is 13.2 Å². The fourth-order valence-electron chi connectivity index (χ4n) is 4.39. The SMILES string of the molecule is CCCC(COCC(CCC)C(C)c1cc(O)ccc1O)C(C)c1cc(O)ccc1O. The smallest absolute Gasteiger partial charge is 0.119 e. The van der Waals surface area contributed by atoms with Crippen molar-refractivity contribution in [1.82, 2.24) is 0 Å². The van der Waals surface area contributed by atoms with E-state index in [0.29, 0.717) is 13.2 Å². The zero-order valence-electron chi connectivity index (χ0n) is 19.2. The second kappa shape index (κ2) is 11.8. The molecule has 5 nitrogen and oxygen atoms in total. The van der Waals surface area contributed by atoms with Crippen LogP contribution < -0.4 is 0 Å². The third kappa shape index (κ3) is 6.79. The molecule has 0 aliphatic carbocycles. The van der Waals surface area contributed by atoms with Gasteiger partial charge in [-0.15, -0.1) is 0 Å². The van der Waals surface area contributed by atoms with E-state index in [4.69, 9.17) is 4.74 Å². The molecule has 0 aliphatic heterocycles. The molecule has 0 saturated heterocycles. The molecule has 4 N–H and O–H groups in total. The van der Waals surface area contributed by atoms with Crippen LogP contribution in [0.4, 0.5) is 0 Å². The van der Waals surface area contributed by atoms with Crippen LogP contribution in [0.2, 0.25) is 0 Å². The van der Waals surface area contributed by atoms with E-state index in [0.717, 1.165) is 36.8 Å². The normalized spacial score (nSPS) is 15.4. The van der Waals surface area contributed by atoms with Gasteiger partial charge in [0.05, 0.1) is 0 Å². The molecule has 0 aliphatic rings. The van der Waals surface area contributed by atoms with Crippen molar-refractivity contribution in [1.29, 1.82) is 0 Å². The predicted octanol–water partition coefficient (Wildman–Crippen LogP) is 6.27. The Kier molecular flexibility index (Phi) is 9.50. The monoisotopic (exact) mass is 430 g/mol. The minimum atomic E-state index is 0.0456. The molecule has 5 heteroatoms. The first-order valence-corrected chi connectivity index (χ1v) is 11.4. The predicted molar refractivity (Wildman–Crippen MR) is 124 cm³/mol. The van der Waals surface area contributed by atoms with Gasteiger partial charge in [0, 0.05) is 24.3 Å². The van der Waals surface area contributed by atoms with Crippen molar-refractivity contribution in [3.05, 3.63) is 47.5 Å². The number of rotatable bonds is 12. The largest absolute Gasteiger partial charge is 0.508 e. The van der Waals surface area contributed by atoms with Crippen molar-refractivity contribution in [2.45, 2.75) is 65.2 Å². The maximum Gasteiger partial charge on any atom is 0.119 e. The Hall–Kier alpha value is -2.40. The van der Waals surface area contributed by atoms with Gasteiger partial charge < -0.3 is 25.2 Å². The summed E-state index contributed by atoms with van der Waals surface area (Å²) < 4.78 is 6.20. The second-order valence-corrected chi connectivity index (χ2v) is 8.70. The van der Waals surface area contributed by atoms with Gasteiger partial charge >= 0.3 is 0 Å². The summed E-state index contributed by atoms with van der Waals surface area (Å²) in [6, 6.07) is 9.32. The van der Waals surface area contributed by atoms with Crippen LogP contribution >= 0.6 is 0 Å². The first-order chi connectivity index (χ1) is 14.8. The van der Waals surface area contributed by atoms with Gasteiger partial charge in [0.25, 0.3) is 0 Å². The van der Waals surface area contributed by atoms with E-state index < -0.39 is 0 Å². The molecule has 0 heterocycles. The first-order valence-electron chi connectivity index (χ1n) is 11.4. The Morgan fingerprint density at radius 3 is 1.42 bits per heavy atom. The van der Waals surface area contributed by atoms with Crippen LogP contribution in [0.3, 0.4) is 0 Å². The topological polar surface area (TPSA) is 90.2 Å². The zero-order chi connectivity index (χ0) is 23.0. The van der Waals surface area contributed by atoms with Crippen LogP contribution in [-0.4, -0.2) is 33.6 Å². The van der Waals surface area contributed by atoms with Crippen LogP contribution in [0.25, 0.3) is 0 Å². The van der Waals surface area contributed by atoms with E-state index >= 15 is 0 Å². The van der Waals surface area contributed by atoms with Crippen molar-refractivity contribution in [3.8, 4) is 23.0 Å². The Morgan fingerprint density at radius 2 is 1.06 bits per heavy atom. The standard InChI is InChI=1S/C26H38O5/c1-5-7-19(17(3)23-13-21(27)9-11-25(23)29)15-31-16-20(8-6-2)18(4)24-14-22(28)10-12-26(24)30/h9-14,17-20,27-30H,5-8,15-16H2,1-4H3. The van der Waals surface area contributed by atoms with Crippen LogP contribution in [0.5, 0.6) is 23.0 Å². The molecule has 0 bridgehead atoms. The van der Waals surface area contributed by atoms with Crippen LogP contribution in [-0.2, 0) is 4.74 Å². The number of phenols is 4. The second-order valence-electron chi connectivity index (χ2n) is 8.70. The molecule has 0 spiro atoms. The Morgan fingerprint density at radius 1 is 0.677 bits per heavy atom. The molecule has 2 aromatic carbocycles. The number of phenolic OH excluding ortho intramolecular Hbond substituents is 4. The molecule has 0 saturated carbocycles. The van der Waals surface area contributed by atoms with Crippen LogP contribution in [0.15, 0.2) is 36.4 Å². The molecule has 31 heavy (non-hydrogen) atoms. The number of hydrogen-bond acceptors (Lipinski definition) is 5. The minimum Gasteiger partial charge on any atom is -0.508 e. The lowest BCUT2D eigenvalue weighted by molar-refractivity contribution is 0.0533. The van der Waals surface area contributed by atoms with Gasteiger partial charge in [-0.25, -0.2) is 0 Å². The molecule has 0 aromatic heterocycles. The maximum absolute atomic E-state index is 10.3. The number of benzene rings is 2. The van der Waals surface area contributed by atoms with Gasteiger partial charge in [0.2, 0.25) is 0 Å². The van der Waals surface area contributed by atoms with Crippen LogP contribution in [0.1, 0.15) is 76.3 Å². The maximum atomic E-state index is 10.3. The Bertz CT molecular complexity index is 752. The average Bonchev–Trinajstić information content (AvgIpc) is 2.74. The van der Waals surface area contributed by atoms with Crippen molar-refractivity contribution in [3.63, 3.8) is 0 Å². The third-order valence-electron chi connectivity index (χ3n) is 6.40. The molecular formula is C26H38O5. The molecule has 0 radical (unpaired) electrons.